The van der Waals surface area contributed by atoms with Crippen molar-refractivity contribution >= 4 is 15.9 Å². The van der Waals surface area contributed by atoms with E-state index in [2.05, 4.69) is 34.2 Å². The van der Waals surface area contributed by atoms with Gasteiger partial charge in [0.1, 0.15) is 5.75 Å². The van der Waals surface area contributed by atoms with Gasteiger partial charge in [0.05, 0.1) is 13.2 Å². The summed E-state index contributed by atoms with van der Waals surface area (Å²) in [7, 11) is 1.71. The van der Waals surface area contributed by atoms with E-state index in [1.54, 1.807) is 7.11 Å². The molecule has 0 spiro atoms. The van der Waals surface area contributed by atoms with Gasteiger partial charge in [0.15, 0.2) is 0 Å². The predicted octanol–water partition coefficient (Wildman–Crippen LogP) is 2.97. The van der Waals surface area contributed by atoms with Crippen LogP contribution < -0.4 is 10.1 Å². The summed E-state index contributed by atoms with van der Waals surface area (Å²) >= 11 is 3.49. The minimum absolute atomic E-state index is 0.377. The molecule has 2 atom stereocenters. The van der Waals surface area contributed by atoms with Crippen LogP contribution in [0.3, 0.4) is 0 Å². The molecular weight excluding hydrogens is 294 g/mol. The standard InChI is InChI=1S/C14H20BrNO2/c1-10-11(5-6-18-10)8-16-9-12-7-13(15)3-4-14(12)17-2/h3-4,7,10-11,16H,5-6,8-9H2,1-2H3. The highest BCUT2D eigenvalue weighted by Gasteiger charge is 2.23. The van der Waals surface area contributed by atoms with Gasteiger partial charge < -0.3 is 14.8 Å². The van der Waals surface area contributed by atoms with Crippen LogP contribution in [0.25, 0.3) is 0 Å². The maximum atomic E-state index is 5.56. The smallest absolute Gasteiger partial charge is 0.123 e. The number of benzene rings is 1. The molecule has 1 heterocycles. The minimum atomic E-state index is 0.377. The maximum Gasteiger partial charge on any atom is 0.123 e. The molecule has 1 saturated heterocycles. The lowest BCUT2D eigenvalue weighted by molar-refractivity contribution is 0.105. The van der Waals surface area contributed by atoms with E-state index < -0.39 is 0 Å². The molecule has 1 fully saturated rings. The number of halogens is 1. The van der Waals surface area contributed by atoms with Gasteiger partial charge in [-0.2, -0.15) is 0 Å². The second kappa shape index (κ2) is 6.55. The third kappa shape index (κ3) is 3.46. The fourth-order valence-corrected chi connectivity index (χ4v) is 2.73. The zero-order valence-corrected chi connectivity index (χ0v) is 12.5. The Morgan fingerprint density at radius 3 is 3.00 bits per heavy atom. The summed E-state index contributed by atoms with van der Waals surface area (Å²) in [5.41, 5.74) is 1.18. The van der Waals surface area contributed by atoms with Crippen LogP contribution in [0.5, 0.6) is 5.75 Å². The van der Waals surface area contributed by atoms with Gasteiger partial charge in [0.2, 0.25) is 0 Å². The normalized spacial score (nSPS) is 23.3. The van der Waals surface area contributed by atoms with E-state index in [1.807, 2.05) is 12.1 Å². The van der Waals surface area contributed by atoms with E-state index in [4.69, 9.17) is 9.47 Å². The lowest BCUT2D eigenvalue weighted by Crippen LogP contribution is -2.26. The Morgan fingerprint density at radius 2 is 2.33 bits per heavy atom. The van der Waals surface area contributed by atoms with Crippen LogP contribution in [0.4, 0.5) is 0 Å². The summed E-state index contributed by atoms with van der Waals surface area (Å²) in [6.07, 6.45) is 1.53. The molecule has 1 aliphatic heterocycles. The third-order valence-electron chi connectivity index (χ3n) is 3.50. The molecule has 0 aliphatic carbocycles. The molecule has 0 radical (unpaired) electrons. The van der Waals surface area contributed by atoms with Gasteiger partial charge in [0, 0.05) is 29.7 Å². The second-order valence-corrected chi connectivity index (χ2v) is 5.63. The first-order valence-electron chi connectivity index (χ1n) is 6.35. The monoisotopic (exact) mass is 313 g/mol. The van der Waals surface area contributed by atoms with Crippen molar-refractivity contribution in [1.82, 2.24) is 5.32 Å². The van der Waals surface area contributed by atoms with Crippen LogP contribution in [-0.2, 0) is 11.3 Å². The van der Waals surface area contributed by atoms with Gasteiger partial charge >= 0.3 is 0 Å². The molecule has 4 heteroatoms. The lowest BCUT2D eigenvalue weighted by Gasteiger charge is -2.16. The SMILES string of the molecule is COc1ccc(Br)cc1CNCC1CCOC1C. The molecule has 2 rings (SSSR count). The summed E-state index contributed by atoms with van der Waals surface area (Å²) in [6, 6.07) is 6.08. The fraction of sp³-hybridized carbons (Fsp3) is 0.571. The molecule has 18 heavy (non-hydrogen) atoms. The van der Waals surface area contributed by atoms with Gasteiger partial charge in [-0.15, -0.1) is 0 Å². The quantitative estimate of drug-likeness (QED) is 0.906. The first kappa shape index (κ1) is 13.8. The molecule has 1 N–H and O–H groups in total. The van der Waals surface area contributed by atoms with Crippen LogP contribution in [0.2, 0.25) is 0 Å². The highest BCUT2D eigenvalue weighted by atomic mass is 79.9. The number of hydrogen-bond donors (Lipinski definition) is 1. The molecule has 1 aromatic rings. The molecule has 0 saturated carbocycles. The number of ether oxygens (including phenoxy) is 2. The van der Waals surface area contributed by atoms with Crippen LogP contribution in [0, 0.1) is 5.92 Å². The molecular formula is C14H20BrNO2. The Balaban J connectivity index is 1.87. The summed E-state index contributed by atoms with van der Waals surface area (Å²) in [5, 5.41) is 3.50. The van der Waals surface area contributed by atoms with Gasteiger partial charge in [-0.3, -0.25) is 0 Å². The molecule has 2 unspecified atom stereocenters. The van der Waals surface area contributed by atoms with E-state index in [9.17, 15) is 0 Å². The largest absolute Gasteiger partial charge is 0.496 e. The Morgan fingerprint density at radius 1 is 1.50 bits per heavy atom. The molecule has 3 nitrogen and oxygen atoms in total. The Hall–Kier alpha value is -0.580. The first-order valence-corrected chi connectivity index (χ1v) is 7.14. The molecule has 100 valence electrons. The third-order valence-corrected chi connectivity index (χ3v) is 3.99. The summed E-state index contributed by atoms with van der Waals surface area (Å²) < 4.78 is 12.0. The summed E-state index contributed by atoms with van der Waals surface area (Å²) in [4.78, 5) is 0. The molecule has 0 amide bonds. The average Bonchev–Trinajstić information content (AvgIpc) is 2.76. The first-order chi connectivity index (χ1) is 8.70. The molecule has 0 aromatic heterocycles. The Bertz CT molecular complexity index is 397. The maximum absolute atomic E-state index is 5.56. The summed E-state index contributed by atoms with van der Waals surface area (Å²) in [5.74, 6) is 1.56. The van der Waals surface area contributed by atoms with Crippen molar-refractivity contribution in [3.8, 4) is 5.75 Å². The van der Waals surface area contributed by atoms with Crippen molar-refractivity contribution < 1.29 is 9.47 Å². The highest BCUT2D eigenvalue weighted by Crippen LogP contribution is 2.23. The zero-order chi connectivity index (χ0) is 13.0. The van der Waals surface area contributed by atoms with Crippen LogP contribution in [0.15, 0.2) is 22.7 Å². The van der Waals surface area contributed by atoms with Gasteiger partial charge in [-0.25, -0.2) is 0 Å². The van der Waals surface area contributed by atoms with Crippen LogP contribution in [0.1, 0.15) is 18.9 Å². The lowest BCUT2D eigenvalue weighted by atomic mass is 10.0. The van der Waals surface area contributed by atoms with Crippen molar-refractivity contribution in [1.29, 1.82) is 0 Å². The minimum Gasteiger partial charge on any atom is -0.496 e. The van der Waals surface area contributed by atoms with E-state index in [0.717, 1.165) is 36.3 Å². The molecule has 0 bridgehead atoms. The number of nitrogens with one attached hydrogen (secondary N) is 1. The van der Waals surface area contributed by atoms with Crippen molar-refractivity contribution in [2.24, 2.45) is 5.92 Å². The van der Waals surface area contributed by atoms with Crippen molar-refractivity contribution in [3.05, 3.63) is 28.2 Å². The van der Waals surface area contributed by atoms with Crippen molar-refractivity contribution in [3.63, 3.8) is 0 Å². The Kier molecular flexibility index (Phi) is 5.03. The van der Waals surface area contributed by atoms with E-state index in [0.29, 0.717) is 12.0 Å². The van der Waals surface area contributed by atoms with Crippen molar-refractivity contribution in [2.75, 3.05) is 20.3 Å². The number of hydrogen-bond acceptors (Lipinski definition) is 3. The van der Waals surface area contributed by atoms with Crippen molar-refractivity contribution in [2.45, 2.75) is 26.0 Å². The topological polar surface area (TPSA) is 30.5 Å². The van der Waals surface area contributed by atoms with Gasteiger partial charge in [-0.05, 0) is 37.5 Å². The number of methoxy groups -OCH3 is 1. The van der Waals surface area contributed by atoms with Gasteiger partial charge in [-0.1, -0.05) is 15.9 Å². The molecule has 1 aromatic carbocycles. The number of rotatable bonds is 5. The Labute approximate surface area is 117 Å². The predicted molar refractivity (Wildman–Crippen MR) is 75.9 cm³/mol. The fourth-order valence-electron chi connectivity index (χ4n) is 2.32. The molecule has 1 aliphatic rings. The zero-order valence-electron chi connectivity index (χ0n) is 10.9. The van der Waals surface area contributed by atoms with E-state index in [1.165, 1.54) is 5.56 Å². The van der Waals surface area contributed by atoms with Gasteiger partial charge in [0.25, 0.3) is 0 Å². The average molecular weight is 314 g/mol. The van der Waals surface area contributed by atoms with E-state index in [-0.39, 0.29) is 0 Å². The highest BCUT2D eigenvalue weighted by molar-refractivity contribution is 9.10. The van der Waals surface area contributed by atoms with Crippen LogP contribution >= 0.6 is 15.9 Å². The van der Waals surface area contributed by atoms with Crippen LogP contribution in [-0.4, -0.2) is 26.4 Å². The summed E-state index contributed by atoms with van der Waals surface area (Å²) in [6.45, 7) is 4.87. The van der Waals surface area contributed by atoms with E-state index >= 15 is 0 Å². The second-order valence-electron chi connectivity index (χ2n) is 4.71.